The average Bonchev–Trinajstić information content (AvgIpc) is 3.20. The number of nitrogens with zero attached hydrogens (tertiary/aromatic N) is 2. The van der Waals surface area contributed by atoms with Crippen molar-refractivity contribution >= 4 is 62.2 Å². The highest BCUT2D eigenvalue weighted by atomic mass is 35.5. The van der Waals surface area contributed by atoms with E-state index in [0.717, 1.165) is 22.8 Å². The van der Waals surface area contributed by atoms with E-state index in [1.165, 1.54) is 27.4 Å². The van der Waals surface area contributed by atoms with Gasteiger partial charge in [-0.1, -0.05) is 11.6 Å². The third-order valence-electron chi connectivity index (χ3n) is 4.28. The molecule has 1 aromatic heterocycles. The standard InChI is InChI=1S/C18H20ClN3O4S3/c1-21(2)18(24)13-11-12(3-4-14(13)19)20-17(23)16-15(5-8-28-16)29(25,26)22-6-9-27-10-7-22/h3-5,8,11H,6-7,9-10H2,1-2H3,(H,20,23). The second kappa shape index (κ2) is 9.05. The van der Waals surface area contributed by atoms with Gasteiger partial charge in [-0.3, -0.25) is 9.59 Å². The number of thioether (sulfide) groups is 1. The van der Waals surface area contributed by atoms with Gasteiger partial charge in [-0.25, -0.2) is 8.42 Å². The third-order valence-corrected chi connectivity index (χ3v) is 8.54. The number of carbonyl (C=O) groups excluding carboxylic acids is 2. The van der Waals surface area contributed by atoms with Gasteiger partial charge in [0.25, 0.3) is 11.8 Å². The zero-order valence-electron chi connectivity index (χ0n) is 15.8. The number of hydrogen-bond acceptors (Lipinski definition) is 6. The van der Waals surface area contributed by atoms with Crippen LogP contribution in [0.15, 0.2) is 34.5 Å². The van der Waals surface area contributed by atoms with Crippen molar-refractivity contribution in [3.8, 4) is 0 Å². The van der Waals surface area contributed by atoms with Gasteiger partial charge in [-0.15, -0.1) is 11.3 Å². The summed E-state index contributed by atoms with van der Waals surface area (Å²) in [5, 5.41) is 4.53. The van der Waals surface area contributed by atoms with Crippen molar-refractivity contribution in [2.75, 3.05) is 44.0 Å². The molecular weight excluding hydrogens is 454 g/mol. The van der Waals surface area contributed by atoms with E-state index < -0.39 is 15.9 Å². The number of thiophene rings is 1. The Hall–Kier alpha value is -1.59. The number of anilines is 1. The first-order valence-electron chi connectivity index (χ1n) is 8.69. The van der Waals surface area contributed by atoms with E-state index >= 15 is 0 Å². The van der Waals surface area contributed by atoms with E-state index in [-0.39, 0.29) is 26.3 Å². The fraction of sp³-hybridized carbons (Fsp3) is 0.333. The first-order chi connectivity index (χ1) is 13.7. The number of hydrogen-bond donors (Lipinski definition) is 1. The van der Waals surface area contributed by atoms with Crippen LogP contribution in [0, 0.1) is 0 Å². The summed E-state index contributed by atoms with van der Waals surface area (Å²) >= 11 is 8.87. The van der Waals surface area contributed by atoms with Crippen LogP contribution in [0.1, 0.15) is 20.0 Å². The van der Waals surface area contributed by atoms with Crippen LogP contribution < -0.4 is 5.32 Å². The molecule has 29 heavy (non-hydrogen) atoms. The lowest BCUT2D eigenvalue weighted by Gasteiger charge is -2.25. The number of halogens is 1. The Balaban J connectivity index is 1.85. The monoisotopic (exact) mass is 473 g/mol. The Morgan fingerprint density at radius 2 is 1.86 bits per heavy atom. The van der Waals surface area contributed by atoms with Crippen molar-refractivity contribution in [3.63, 3.8) is 0 Å². The molecule has 1 aromatic carbocycles. The molecule has 0 saturated carbocycles. The molecule has 1 aliphatic heterocycles. The minimum atomic E-state index is -3.74. The third kappa shape index (κ3) is 4.77. The van der Waals surface area contributed by atoms with E-state index in [4.69, 9.17) is 11.6 Å². The van der Waals surface area contributed by atoms with E-state index in [0.29, 0.717) is 18.8 Å². The van der Waals surface area contributed by atoms with Crippen LogP contribution in [0.2, 0.25) is 5.02 Å². The SMILES string of the molecule is CN(C)C(=O)c1cc(NC(=O)c2sccc2S(=O)(=O)N2CCSCC2)ccc1Cl. The lowest BCUT2D eigenvalue weighted by atomic mass is 10.1. The molecule has 3 rings (SSSR count). The molecule has 0 bridgehead atoms. The number of carbonyl (C=O) groups is 2. The summed E-state index contributed by atoms with van der Waals surface area (Å²) < 4.78 is 27.3. The van der Waals surface area contributed by atoms with Crippen LogP contribution in [0.5, 0.6) is 0 Å². The van der Waals surface area contributed by atoms with Gasteiger partial charge in [0.05, 0.1) is 10.6 Å². The first-order valence-corrected chi connectivity index (χ1v) is 12.5. The summed E-state index contributed by atoms with van der Waals surface area (Å²) in [4.78, 5) is 26.5. The fourth-order valence-corrected chi connectivity index (χ4v) is 6.86. The van der Waals surface area contributed by atoms with E-state index in [1.807, 2.05) is 0 Å². The minimum absolute atomic E-state index is 0.00505. The molecule has 0 atom stereocenters. The van der Waals surface area contributed by atoms with E-state index in [9.17, 15) is 18.0 Å². The van der Waals surface area contributed by atoms with Gasteiger partial charge in [-0.2, -0.15) is 16.1 Å². The van der Waals surface area contributed by atoms with Crippen LogP contribution in [-0.4, -0.2) is 68.1 Å². The maximum atomic E-state index is 13.0. The summed E-state index contributed by atoms with van der Waals surface area (Å²) in [7, 11) is -0.533. The highest BCUT2D eigenvalue weighted by Gasteiger charge is 2.31. The highest BCUT2D eigenvalue weighted by Crippen LogP contribution is 2.28. The molecule has 1 N–H and O–H groups in total. The van der Waals surface area contributed by atoms with Crippen molar-refractivity contribution in [1.82, 2.24) is 9.21 Å². The zero-order valence-corrected chi connectivity index (χ0v) is 19.1. The predicted molar refractivity (Wildman–Crippen MR) is 118 cm³/mol. The Labute approximate surface area is 183 Å². The molecule has 0 aliphatic carbocycles. The van der Waals surface area contributed by atoms with Gasteiger partial charge in [0, 0.05) is 44.4 Å². The second-order valence-corrected chi connectivity index (χ2v) is 10.9. The van der Waals surface area contributed by atoms with Crippen molar-refractivity contribution in [2.45, 2.75) is 4.90 Å². The molecule has 0 radical (unpaired) electrons. The number of nitrogens with one attached hydrogen (secondary N) is 1. The Kier molecular flexibility index (Phi) is 6.90. The lowest BCUT2D eigenvalue weighted by molar-refractivity contribution is 0.0827. The fourth-order valence-electron chi connectivity index (χ4n) is 2.79. The van der Waals surface area contributed by atoms with Crippen molar-refractivity contribution in [1.29, 1.82) is 0 Å². The smallest absolute Gasteiger partial charge is 0.267 e. The maximum Gasteiger partial charge on any atom is 0.267 e. The molecule has 1 aliphatic rings. The summed E-state index contributed by atoms with van der Waals surface area (Å²) in [5.74, 6) is 0.625. The van der Waals surface area contributed by atoms with Gasteiger partial charge in [0.2, 0.25) is 10.0 Å². The van der Waals surface area contributed by atoms with Crippen LogP contribution in [-0.2, 0) is 10.0 Å². The van der Waals surface area contributed by atoms with E-state index in [1.54, 1.807) is 37.3 Å². The molecule has 0 unspecified atom stereocenters. The summed E-state index contributed by atoms with van der Waals surface area (Å²) in [6.07, 6.45) is 0. The van der Waals surface area contributed by atoms with Crippen molar-refractivity contribution in [2.24, 2.45) is 0 Å². The predicted octanol–water partition coefficient (Wildman–Crippen LogP) is 3.09. The number of benzene rings is 1. The molecule has 156 valence electrons. The molecule has 7 nitrogen and oxygen atoms in total. The molecule has 2 aromatic rings. The molecule has 2 amide bonds. The summed E-state index contributed by atoms with van der Waals surface area (Å²) in [6, 6.07) is 6.02. The average molecular weight is 474 g/mol. The molecule has 1 fully saturated rings. The van der Waals surface area contributed by atoms with E-state index in [2.05, 4.69) is 5.32 Å². The Morgan fingerprint density at radius 1 is 1.17 bits per heavy atom. The molecule has 1 saturated heterocycles. The maximum absolute atomic E-state index is 13.0. The molecular formula is C18H20ClN3O4S3. The first kappa shape index (κ1) is 22.1. The molecule has 2 heterocycles. The minimum Gasteiger partial charge on any atom is -0.345 e. The zero-order chi connectivity index (χ0) is 21.2. The van der Waals surface area contributed by atoms with Crippen LogP contribution in [0.25, 0.3) is 0 Å². The lowest BCUT2D eigenvalue weighted by Crippen LogP contribution is -2.38. The number of rotatable bonds is 5. The molecule has 11 heteroatoms. The molecule has 0 spiro atoms. The normalized spacial score (nSPS) is 15.1. The van der Waals surface area contributed by atoms with Gasteiger partial charge in [0.1, 0.15) is 9.77 Å². The van der Waals surface area contributed by atoms with Gasteiger partial charge < -0.3 is 10.2 Å². The Bertz CT molecular complexity index is 1030. The number of amides is 2. The summed E-state index contributed by atoms with van der Waals surface area (Å²) in [5.41, 5.74) is 0.607. The van der Waals surface area contributed by atoms with Crippen LogP contribution in [0.4, 0.5) is 5.69 Å². The summed E-state index contributed by atoms with van der Waals surface area (Å²) in [6.45, 7) is 0.855. The Morgan fingerprint density at radius 3 is 2.52 bits per heavy atom. The number of sulfonamides is 1. The van der Waals surface area contributed by atoms with Crippen LogP contribution >= 0.6 is 34.7 Å². The van der Waals surface area contributed by atoms with Crippen molar-refractivity contribution in [3.05, 3.63) is 45.1 Å². The highest BCUT2D eigenvalue weighted by molar-refractivity contribution is 7.99. The topological polar surface area (TPSA) is 86.8 Å². The second-order valence-electron chi connectivity index (χ2n) is 6.48. The van der Waals surface area contributed by atoms with Crippen LogP contribution in [0.3, 0.4) is 0 Å². The largest absolute Gasteiger partial charge is 0.345 e. The quantitative estimate of drug-likeness (QED) is 0.721. The van der Waals surface area contributed by atoms with Gasteiger partial charge in [0.15, 0.2) is 0 Å². The van der Waals surface area contributed by atoms with Gasteiger partial charge in [-0.05, 0) is 29.6 Å². The van der Waals surface area contributed by atoms with Crippen molar-refractivity contribution < 1.29 is 18.0 Å². The van der Waals surface area contributed by atoms with Gasteiger partial charge >= 0.3 is 0 Å².